The lowest BCUT2D eigenvalue weighted by Gasteiger charge is -2.14. The van der Waals surface area contributed by atoms with Crippen molar-refractivity contribution in [2.24, 2.45) is 4.99 Å². The maximum atomic E-state index is 11.8. The van der Waals surface area contributed by atoms with Crippen molar-refractivity contribution in [1.82, 2.24) is 16.0 Å². The Kier molecular flexibility index (Phi) is 16.1. The molecule has 3 N–H and O–H groups in total. The highest BCUT2D eigenvalue weighted by atomic mass is 127. The lowest BCUT2D eigenvalue weighted by atomic mass is 10.1. The van der Waals surface area contributed by atoms with E-state index in [1.807, 2.05) is 39.0 Å². The van der Waals surface area contributed by atoms with Gasteiger partial charge in [0.2, 0.25) is 5.91 Å². The third-order valence-corrected chi connectivity index (χ3v) is 3.67. The minimum atomic E-state index is -0.137. The summed E-state index contributed by atoms with van der Waals surface area (Å²) in [4.78, 5) is 16.1. The molecule has 1 aromatic carbocycles. The topological polar surface area (TPSA) is 93.2 Å². The second-order valence-electron chi connectivity index (χ2n) is 5.86. The van der Waals surface area contributed by atoms with Gasteiger partial charge in [0, 0.05) is 26.7 Å². The van der Waals surface area contributed by atoms with Crippen LogP contribution in [0.5, 0.6) is 11.5 Å². The number of carbonyl (C=O) groups is 1. The fourth-order valence-corrected chi connectivity index (χ4v) is 2.42. The quantitative estimate of drug-likeness (QED) is 0.159. The summed E-state index contributed by atoms with van der Waals surface area (Å²) in [6.45, 7) is 9.50. The number of hydrogen-bond donors (Lipinski definition) is 3. The summed E-state index contributed by atoms with van der Waals surface area (Å²) in [6.07, 6.45) is 0.789. The molecule has 1 rings (SSSR count). The summed E-state index contributed by atoms with van der Waals surface area (Å²) in [5.41, 5.74) is 1.13. The Labute approximate surface area is 191 Å². The first-order valence-electron chi connectivity index (χ1n) is 9.80. The number of halogens is 1. The van der Waals surface area contributed by atoms with Crippen LogP contribution in [0.2, 0.25) is 0 Å². The molecule has 0 fully saturated rings. The average Bonchev–Trinajstić information content (AvgIpc) is 2.68. The molecule has 0 aromatic heterocycles. The van der Waals surface area contributed by atoms with Crippen LogP contribution >= 0.6 is 24.0 Å². The van der Waals surface area contributed by atoms with Gasteiger partial charge >= 0.3 is 0 Å². The van der Waals surface area contributed by atoms with Gasteiger partial charge in [-0.05, 0) is 44.9 Å². The first-order valence-corrected chi connectivity index (χ1v) is 9.80. The first-order chi connectivity index (χ1) is 13.6. The molecule has 0 saturated carbocycles. The van der Waals surface area contributed by atoms with Crippen molar-refractivity contribution in [2.45, 2.75) is 27.2 Å². The molecule has 0 radical (unpaired) electrons. The molecule has 0 saturated heterocycles. The highest BCUT2D eigenvalue weighted by Gasteiger charge is 2.07. The van der Waals surface area contributed by atoms with Crippen molar-refractivity contribution in [3.8, 4) is 11.5 Å². The summed E-state index contributed by atoms with van der Waals surface area (Å²) >= 11 is 0. The van der Waals surface area contributed by atoms with E-state index in [0.717, 1.165) is 23.5 Å². The number of guanidine groups is 1. The first kappa shape index (κ1) is 27.2. The van der Waals surface area contributed by atoms with Gasteiger partial charge < -0.3 is 30.2 Å². The minimum Gasteiger partial charge on any atom is -0.490 e. The Bertz CT molecular complexity index is 614. The van der Waals surface area contributed by atoms with Gasteiger partial charge in [-0.1, -0.05) is 6.07 Å². The molecule has 8 nitrogen and oxygen atoms in total. The van der Waals surface area contributed by atoms with Gasteiger partial charge in [0.25, 0.3) is 0 Å². The number of benzene rings is 1. The van der Waals surface area contributed by atoms with Crippen LogP contribution in [0.1, 0.15) is 26.3 Å². The normalized spacial score (nSPS) is 10.7. The van der Waals surface area contributed by atoms with Gasteiger partial charge in [-0.25, -0.2) is 4.99 Å². The van der Waals surface area contributed by atoms with Gasteiger partial charge in [0.1, 0.15) is 6.54 Å². The Morgan fingerprint density at radius 1 is 1.00 bits per heavy atom. The largest absolute Gasteiger partial charge is 0.490 e. The number of nitrogens with one attached hydrogen (secondary N) is 3. The summed E-state index contributed by atoms with van der Waals surface area (Å²) in [5, 5.41) is 9.13. The third-order valence-electron chi connectivity index (χ3n) is 3.67. The lowest BCUT2D eigenvalue weighted by molar-refractivity contribution is -0.119. The number of methoxy groups -OCH3 is 1. The molecule has 1 aromatic rings. The van der Waals surface area contributed by atoms with E-state index in [9.17, 15) is 4.79 Å². The van der Waals surface area contributed by atoms with Crippen molar-refractivity contribution in [3.05, 3.63) is 23.8 Å². The highest BCUT2D eigenvalue weighted by Crippen LogP contribution is 2.28. The lowest BCUT2D eigenvalue weighted by Crippen LogP contribution is -2.39. The standard InChI is InChI=1S/C20H34N4O4.HI/c1-5-21-20(24-15-19(25)22-12-13-26-4)23-11-10-16-8-9-17(27-6-2)18(14-16)28-7-3;/h8-9,14H,5-7,10-13,15H2,1-4H3,(H,22,25)(H2,21,23,24);1H. The Morgan fingerprint density at radius 3 is 2.38 bits per heavy atom. The van der Waals surface area contributed by atoms with Crippen LogP contribution < -0.4 is 25.4 Å². The number of carbonyl (C=O) groups excluding carboxylic acids is 1. The van der Waals surface area contributed by atoms with Gasteiger partial charge in [-0.15, -0.1) is 24.0 Å². The predicted octanol–water partition coefficient (Wildman–Crippen LogP) is 1.96. The fraction of sp³-hybridized carbons (Fsp3) is 0.600. The zero-order valence-corrected chi connectivity index (χ0v) is 20.2. The molecule has 166 valence electrons. The zero-order valence-electron chi connectivity index (χ0n) is 17.9. The minimum absolute atomic E-state index is 0. The van der Waals surface area contributed by atoms with Gasteiger partial charge in [-0.2, -0.15) is 0 Å². The molecular formula is C20H35IN4O4. The molecule has 0 unspecified atom stereocenters. The maximum absolute atomic E-state index is 11.8. The van der Waals surface area contributed by atoms with Crippen LogP contribution in [0, 0.1) is 0 Å². The monoisotopic (exact) mass is 522 g/mol. The van der Waals surface area contributed by atoms with E-state index in [4.69, 9.17) is 14.2 Å². The van der Waals surface area contributed by atoms with Crippen LogP contribution in [0.3, 0.4) is 0 Å². The number of ether oxygens (including phenoxy) is 3. The number of nitrogens with zero attached hydrogens (tertiary/aromatic N) is 1. The summed E-state index contributed by atoms with van der Waals surface area (Å²) in [5.74, 6) is 1.99. The van der Waals surface area contributed by atoms with E-state index in [2.05, 4.69) is 20.9 Å². The van der Waals surface area contributed by atoms with Gasteiger partial charge in [0.15, 0.2) is 17.5 Å². The molecular weight excluding hydrogens is 487 g/mol. The Balaban J connectivity index is 0.00000784. The van der Waals surface area contributed by atoms with Crippen molar-refractivity contribution >= 4 is 35.8 Å². The molecule has 9 heteroatoms. The van der Waals surface area contributed by atoms with Gasteiger partial charge in [0.05, 0.1) is 19.8 Å². The van der Waals surface area contributed by atoms with E-state index in [1.165, 1.54) is 0 Å². The molecule has 0 aliphatic heterocycles. The predicted molar refractivity (Wildman–Crippen MR) is 127 cm³/mol. The Morgan fingerprint density at radius 2 is 1.72 bits per heavy atom. The maximum Gasteiger partial charge on any atom is 0.241 e. The van der Waals surface area contributed by atoms with E-state index in [0.29, 0.717) is 45.4 Å². The highest BCUT2D eigenvalue weighted by molar-refractivity contribution is 14.0. The molecule has 0 atom stereocenters. The molecule has 1 amide bonds. The van der Waals surface area contributed by atoms with Crippen molar-refractivity contribution in [3.63, 3.8) is 0 Å². The van der Waals surface area contributed by atoms with E-state index in [-0.39, 0.29) is 36.4 Å². The summed E-state index contributed by atoms with van der Waals surface area (Å²) in [7, 11) is 1.60. The molecule has 0 aliphatic carbocycles. The number of hydrogen-bond acceptors (Lipinski definition) is 5. The van der Waals surface area contributed by atoms with Crippen LogP contribution in [0.4, 0.5) is 0 Å². The third kappa shape index (κ3) is 11.7. The molecule has 0 aliphatic rings. The molecule has 0 spiro atoms. The second kappa shape index (κ2) is 17.1. The van der Waals surface area contributed by atoms with Crippen molar-refractivity contribution in [1.29, 1.82) is 0 Å². The van der Waals surface area contributed by atoms with Crippen LogP contribution in [0.25, 0.3) is 0 Å². The van der Waals surface area contributed by atoms with Crippen LogP contribution in [-0.4, -0.2) is 65.0 Å². The van der Waals surface area contributed by atoms with Gasteiger partial charge in [-0.3, -0.25) is 4.79 Å². The van der Waals surface area contributed by atoms with Crippen molar-refractivity contribution in [2.75, 3.05) is 53.1 Å². The van der Waals surface area contributed by atoms with Crippen LogP contribution in [-0.2, 0) is 16.0 Å². The molecule has 0 heterocycles. The summed E-state index contributed by atoms with van der Waals surface area (Å²) in [6, 6.07) is 5.97. The number of amides is 1. The molecule has 0 bridgehead atoms. The fourth-order valence-electron chi connectivity index (χ4n) is 2.42. The Hall–Kier alpha value is -1.75. The number of aliphatic imine (C=N–C) groups is 1. The van der Waals surface area contributed by atoms with Crippen LogP contribution in [0.15, 0.2) is 23.2 Å². The van der Waals surface area contributed by atoms with E-state index >= 15 is 0 Å². The SMILES string of the molecule is CCNC(=NCC(=O)NCCOC)NCCc1ccc(OCC)c(OCC)c1.I. The molecule has 29 heavy (non-hydrogen) atoms. The van der Waals surface area contributed by atoms with E-state index < -0.39 is 0 Å². The average molecular weight is 522 g/mol. The van der Waals surface area contributed by atoms with Crippen molar-refractivity contribution < 1.29 is 19.0 Å². The summed E-state index contributed by atoms with van der Waals surface area (Å²) < 4.78 is 16.2. The number of rotatable bonds is 13. The smallest absolute Gasteiger partial charge is 0.241 e. The van der Waals surface area contributed by atoms with E-state index in [1.54, 1.807) is 7.11 Å². The zero-order chi connectivity index (χ0) is 20.6. The second-order valence-corrected chi connectivity index (χ2v) is 5.86.